The number of hydrogen-bond acceptors (Lipinski definition) is 2. The first-order valence-corrected chi connectivity index (χ1v) is 5.38. The number of benzene rings is 1. The number of amidine groups is 1. The van der Waals surface area contributed by atoms with Gasteiger partial charge in [-0.3, -0.25) is 15.7 Å². The lowest BCUT2D eigenvalue weighted by Gasteiger charge is -2.04. The average Bonchev–Trinajstić information content (AvgIpc) is 2.30. The number of nitrogens with one attached hydrogen (secondary N) is 1. The smallest absolute Gasteiger partial charge is 0.152 e. The summed E-state index contributed by atoms with van der Waals surface area (Å²) < 4.78 is 0. The highest BCUT2D eigenvalue weighted by atomic mass is 16.5. The Morgan fingerprint density at radius 2 is 2.00 bits per heavy atom. The van der Waals surface area contributed by atoms with Gasteiger partial charge < -0.3 is 0 Å². The van der Waals surface area contributed by atoms with Crippen LogP contribution in [0.3, 0.4) is 0 Å². The molecule has 0 amide bonds. The van der Waals surface area contributed by atoms with Crippen molar-refractivity contribution in [3.8, 4) is 0 Å². The van der Waals surface area contributed by atoms with E-state index in [1.165, 1.54) is 12.8 Å². The van der Waals surface area contributed by atoms with Crippen LogP contribution in [0.25, 0.3) is 0 Å². The summed E-state index contributed by atoms with van der Waals surface area (Å²) in [5.74, 6) is 0.548. The minimum absolute atomic E-state index is 0.548. The molecule has 1 rings (SSSR count). The van der Waals surface area contributed by atoms with Crippen molar-refractivity contribution in [1.82, 2.24) is 5.48 Å². The lowest BCUT2D eigenvalue weighted by molar-refractivity contribution is 0.234. The topological polar surface area (TPSA) is 44.6 Å². The zero-order valence-electron chi connectivity index (χ0n) is 9.11. The number of hydrogen-bond donors (Lipinski definition) is 2. The molecule has 0 aliphatic heterocycles. The molecule has 2 N–H and O–H groups in total. The Hall–Kier alpha value is -1.35. The van der Waals surface area contributed by atoms with Crippen LogP contribution >= 0.6 is 0 Å². The minimum Gasteiger partial charge on any atom is -0.290 e. The van der Waals surface area contributed by atoms with E-state index in [4.69, 9.17) is 5.21 Å². The van der Waals surface area contributed by atoms with Gasteiger partial charge in [0.2, 0.25) is 0 Å². The molecule has 1 aromatic carbocycles. The van der Waals surface area contributed by atoms with Crippen molar-refractivity contribution in [1.29, 1.82) is 0 Å². The number of rotatable bonds is 5. The van der Waals surface area contributed by atoms with Gasteiger partial charge in [-0.2, -0.15) is 0 Å². The van der Waals surface area contributed by atoms with Crippen LogP contribution < -0.4 is 5.48 Å². The third kappa shape index (κ3) is 4.13. The molecule has 0 heterocycles. The van der Waals surface area contributed by atoms with E-state index >= 15 is 0 Å². The Kier molecular flexibility index (Phi) is 5.48. The highest BCUT2D eigenvalue weighted by molar-refractivity contribution is 5.97. The average molecular weight is 206 g/mol. The van der Waals surface area contributed by atoms with E-state index in [-0.39, 0.29) is 0 Å². The fraction of sp³-hybridized carbons (Fsp3) is 0.417. The molecule has 0 aliphatic rings. The fourth-order valence-corrected chi connectivity index (χ4v) is 1.34. The largest absolute Gasteiger partial charge is 0.290 e. The standard InChI is InChI=1S/C12H18N2O/c1-2-3-7-10-13-12(14-15)11-8-5-4-6-9-11/h4-6,8-9,15H,2-3,7,10H2,1H3,(H,13,14). The van der Waals surface area contributed by atoms with E-state index in [0.29, 0.717) is 5.84 Å². The molecule has 0 saturated carbocycles. The Labute approximate surface area is 90.8 Å². The van der Waals surface area contributed by atoms with Crippen LogP contribution in [0.2, 0.25) is 0 Å². The second kappa shape index (κ2) is 7.01. The van der Waals surface area contributed by atoms with Crippen LogP contribution in [0, 0.1) is 0 Å². The molecule has 0 bridgehead atoms. The summed E-state index contributed by atoms with van der Waals surface area (Å²) in [6.07, 6.45) is 3.42. The maximum Gasteiger partial charge on any atom is 0.152 e. The van der Waals surface area contributed by atoms with Gasteiger partial charge in [0.25, 0.3) is 0 Å². The third-order valence-electron chi connectivity index (χ3n) is 2.18. The molecule has 0 aliphatic carbocycles. The van der Waals surface area contributed by atoms with Crippen LogP contribution in [0.5, 0.6) is 0 Å². The first-order chi connectivity index (χ1) is 7.38. The van der Waals surface area contributed by atoms with E-state index in [2.05, 4.69) is 17.4 Å². The monoisotopic (exact) mass is 206 g/mol. The van der Waals surface area contributed by atoms with E-state index < -0.39 is 0 Å². The fourth-order valence-electron chi connectivity index (χ4n) is 1.34. The minimum atomic E-state index is 0.548. The maximum atomic E-state index is 8.96. The molecule has 0 unspecified atom stereocenters. The van der Waals surface area contributed by atoms with Crippen molar-refractivity contribution in [2.45, 2.75) is 26.2 Å². The molecule has 3 heteroatoms. The molecule has 0 fully saturated rings. The Morgan fingerprint density at radius 3 is 2.60 bits per heavy atom. The summed E-state index contributed by atoms with van der Waals surface area (Å²) in [6, 6.07) is 9.63. The summed E-state index contributed by atoms with van der Waals surface area (Å²) >= 11 is 0. The zero-order chi connectivity index (χ0) is 10.9. The SMILES string of the molecule is CCCCCN=C(NO)c1ccccc1. The predicted octanol–water partition coefficient (Wildman–Crippen LogP) is 2.60. The van der Waals surface area contributed by atoms with Crippen molar-refractivity contribution in [3.63, 3.8) is 0 Å². The van der Waals surface area contributed by atoms with Gasteiger partial charge in [-0.05, 0) is 6.42 Å². The Bertz CT molecular complexity index is 296. The number of unbranched alkanes of at least 4 members (excludes halogenated alkanes) is 2. The second-order valence-electron chi connectivity index (χ2n) is 3.42. The van der Waals surface area contributed by atoms with Crippen molar-refractivity contribution >= 4 is 5.84 Å². The Morgan fingerprint density at radius 1 is 1.27 bits per heavy atom. The normalized spacial score (nSPS) is 11.5. The van der Waals surface area contributed by atoms with E-state index in [1.807, 2.05) is 30.3 Å². The van der Waals surface area contributed by atoms with Gasteiger partial charge in [-0.1, -0.05) is 50.1 Å². The van der Waals surface area contributed by atoms with E-state index in [0.717, 1.165) is 18.5 Å². The van der Waals surface area contributed by atoms with Crippen molar-refractivity contribution < 1.29 is 5.21 Å². The molecule has 0 spiro atoms. The second-order valence-corrected chi connectivity index (χ2v) is 3.42. The van der Waals surface area contributed by atoms with Gasteiger partial charge in [0.15, 0.2) is 5.84 Å². The van der Waals surface area contributed by atoms with Gasteiger partial charge in [-0.25, -0.2) is 0 Å². The summed E-state index contributed by atoms with van der Waals surface area (Å²) in [5.41, 5.74) is 3.06. The van der Waals surface area contributed by atoms with Crippen molar-refractivity contribution in [3.05, 3.63) is 35.9 Å². The first kappa shape index (κ1) is 11.7. The Balaban J connectivity index is 2.55. The van der Waals surface area contributed by atoms with Crippen molar-refractivity contribution in [2.24, 2.45) is 4.99 Å². The van der Waals surface area contributed by atoms with Crippen LogP contribution in [-0.4, -0.2) is 17.6 Å². The van der Waals surface area contributed by atoms with E-state index in [9.17, 15) is 0 Å². The molecule has 1 aromatic rings. The molecule has 0 radical (unpaired) electrons. The van der Waals surface area contributed by atoms with Crippen molar-refractivity contribution in [2.75, 3.05) is 6.54 Å². The zero-order valence-corrected chi connectivity index (χ0v) is 9.11. The first-order valence-electron chi connectivity index (χ1n) is 5.38. The molecule has 15 heavy (non-hydrogen) atoms. The van der Waals surface area contributed by atoms with Crippen LogP contribution in [-0.2, 0) is 0 Å². The number of hydroxylamine groups is 1. The molecular formula is C12H18N2O. The quantitative estimate of drug-likeness (QED) is 0.336. The van der Waals surface area contributed by atoms with Crippen LogP contribution in [0.1, 0.15) is 31.7 Å². The van der Waals surface area contributed by atoms with Gasteiger partial charge in [-0.15, -0.1) is 0 Å². The number of nitrogens with zero attached hydrogens (tertiary/aromatic N) is 1. The summed E-state index contributed by atoms with van der Waals surface area (Å²) in [7, 11) is 0. The summed E-state index contributed by atoms with van der Waals surface area (Å²) in [4.78, 5) is 4.31. The number of aliphatic imine (C=N–C) groups is 1. The summed E-state index contributed by atoms with van der Waals surface area (Å²) in [5, 5.41) is 8.96. The highest BCUT2D eigenvalue weighted by Crippen LogP contribution is 2.00. The predicted molar refractivity (Wildman–Crippen MR) is 62.3 cm³/mol. The molecular weight excluding hydrogens is 188 g/mol. The molecule has 3 nitrogen and oxygen atoms in total. The van der Waals surface area contributed by atoms with E-state index in [1.54, 1.807) is 0 Å². The van der Waals surface area contributed by atoms with Gasteiger partial charge in [0, 0.05) is 12.1 Å². The van der Waals surface area contributed by atoms with Gasteiger partial charge in [0.05, 0.1) is 0 Å². The maximum absolute atomic E-state index is 8.96. The lowest BCUT2D eigenvalue weighted by atomic mass is 10.2. The lowest BCUT2D eigenvalue weighted by Crippen LogP contribution is -2.20. The summed E-state index contributed by atoms with van der Waals surface area (Å²) in [6.45, 7) is 2.91. The molecule has 0 saturated heterocycles. The third-order valence-corrected chi connectivity index (χ3v) is 2.18. The molecule has 0 aromatic heterocycles. The van der Waals surface area contributed by atoms with Crippen LogP contribution in [0.4, 0.5) is 0 Å². The van der Waals surface area contributed by atoms with Gasteiger partial charge >= 0.3 is 0 Å². The molecule has 0 atom stereocenters. The highest BCUT2D eigenvalue weighted by Gasteiger charge is 1.99. The van der Waals surface area contributed by atoms with Crippen LogP contribution in [0.15, 0.2) is 35.3 Å². The van der Waals surface area contributed by atoms with Gasteiger partial charge in [0.1, 0.15) is 0 Å². The molecule has 82 valence electrons.